The minimum absolute atomic E-state index is 0.133. The van der Waals surface area contributed by atoms with E-state index in [0.717, 1.165) is 38.7 Å². The van der Waals surface area contributed by atoms with Crippen molar-refractivity contribution in [2.24, 2.45) is 5.92 Å². The first kappa shape index (κ1) is 30.8. The van der Waals surface area contributed by atoms with Crippen molar-refractivity contribution < 1.29 is 32.9 Å². The highest BCUT2D eigenvalue weighted by molar-refractivity contribution is 6.70. The van der Waals surface area contributed by atoms with Crippen LogP contribution in [0.3, 0.4) is 0 Å². The Morgan fingerprint density at radius 3 is 2.26 bits per heavy atom. The van der Waals surface area contributed by atoms with Crippen molar-refractivity contribution in [1.82, 2.24) is 0 Å². The zero-order valence-corrected chi connectivity index (χ0v) is 23.7. The first-order valence-electron chi connectivity index (χ1n) is 12.8. The summed E-state index contributed by atoms with van der Waals surface area (Å²) in [5, 5.41) is 0. The fourth-order valence-corrected chi connectivity index (χ4v) is 4.92. The second-order valence-corrected chi connectivity index (χ2v) is 13.9. The molecule has 0 spiro atoms. The fraction of sp³-hybridized carbons (Fsp3) is 0.808. The van der Waals surface area contributed by atoms with Crippen molar-refractivity contribution in [1.29, 1.82) is 0 Å². The highest BCUT2D eigenvalue weighted by atomic mass is 28.4. The molecule has 0 aliphatic heterocycles. The second-order valence-electron chi connectivity index (χ2n) is 9.50. The molecule has 7 nitrogen and oxygen atoms in total. The van der Waals surface area contributed by atoms with E-state index in [0.29, 0.717) is 31.0 Å². The lowest BCUT2D eigenvalue weighted by atomic mass is 9.97. The van der Waals surface area contributed by atoms with Crippen LogP contribution in [0.5, 0.6) is 0 Å². The molecule has 198 valence electrons. The Morgan fingerprint density at radius 1 is 1.00 bits per heavy atom. The van der Waals surface area contributed by atoms with Crippen LogP contribution >= 0.6 is 0 Å². The smallest absolute Gasteiger partial charge is 0.337 e. The Labute approximate surface area is 208 Å². The van der Waals surface area contributed by atoms with Crippen LogP contribution in [0.4, 0.5) is 0 Å². The molecular weight excluding hydrogens is 452 g/mol. The quantitative estimate of drug-likeness (QED) is 0.0756. The molecule has 0 amide bonds. The Kier molecular flexibility index (Phi) is 14.9. The van der Waals surface area contributed by atoms with E-state index >= 15 is 0 Å². The number of esters is 1. The molecule has 1 aliphatic carbocycles. The summed E-state index contributed by atoms with van der Waals surface area (Å²) >= 11 is 0. The van der Waals surface area contributed by atoms with Crippen molar-refractivity contribution in [2.75, 3.05) is 26.9 Å². The predicted octanol–water partition coefficient (Wildman–Crippen LogP) is 5.96. The molecule has 2 unspecified atom stereocenters. The first-order valence-corrected chi connectivity index (χ1v) is 16.2. The van der Waals surface area contributed by atoms with E-state index in [4.69, 9.17) is 28.1 Å². The van der Waals surface area contributed by atoms with Gasteiger partial charge >= 0.3 is 5.97 Å². The number of rotatable bonds is 18. The van der Waals surface area contributed by atoms with E-state index in [1.807, 2.05) is 27.7 Å². The normalized spacial score (nSPS) is 20.7. The molecule has 0 saturated heterocycles. The van der Waals surface area contributed by atoms with E-state index in [-0.39, 0.29) is 30.6 Å². The Bertz CT molecular complexity index is 642. The fourth-order valence-electron chi connectivity index (χ4n) is 3.98. The zero-order chi connectivity index (χ0) is 25.6. The molecule has 1 rings (SSSR count). The van der Waals surface area contributed by atoms with E-state index < -0.39 is 8.32 Å². The lowest BCUT2D eigenvalue weighted by molar-refractivity contribution is -0.162. The second kappa shape index (κ2) is 16.5. The van der Waals surface area contributed by atoms with Gasteiger partial charge < -0.3 is 28.1 Å². The molecule has 0 aromatic rings. The Hall–Kier alpha value is -1.19. The summed E-state index contributed by atoms with van der Waals surface area (Å²) in [6.07, 6.45) is 9.38. The van der Waals surface area contributed by atoms with Gasteiger partial charge in [-0.1, -0.05) is 25.0 Å². The van der Waals surface area contributed by atoms with Crippen LogP contribution in [0.25, 0.3) is 0 Å². The summed E-state index contributed by atoms with van der Waals surface area (Å²) < 4.78 is 34.2. The van der Waals surface area contributed by atoms with Crippen LogP contribution in [0, 0.1) is 5.92 Å². The third kappa shape index (κ3) is 12.0. The van der Waals surface area contributed by atoms with Crippen LogP contribution in [0.2, 0.25) is 19.6 Å². The van der Waals surface area contributed by atoms with E-state index in [1.165, 1.54) is 7.11 Å². The first-order chi connectivity index (χ1) is 16.1. The molecular formula is C26H48O7Si. The van der Waals surface area contributed by atoms with Crippen molar-refractivity contribution in [3.8, 4) is 0 Å². The number of carbonyl (C=O) groups excluding carboxylic acids is 1. The minimum atomic E-state index is -1.90. The highest BCUT2D eigenvalue weighted by Crippen LogP contribution is 2.39. The number of ether oxygens (including phenoxy) is 5. The lowest BCUT2D eigenvalue weighted by Gasteiger charge is -2.23. The summed E-state index contributed by atoms with van der Waals surface area (Å²) in [7, 11) is -0.489. The third-order valence-electron chi connectivity index (χ3n) is 5.39. The molecule has 0 saturated carbocycles. The van der Waals surface area contributed by atoms with Gasteiger partial charge in [-0.25, -0.2) is 4.79 Å². The van der Waals surface area contributed by atoms with Crippen LogP contribution in [-0.2, 0) is 32.9 Å². The van der Waals surface area contributed by atoms with Crippen molar-refractivity contribution in [3.05, 3.63) is 23.5 Å². The van der Waals surface area contributed by atoms with Gasteiger partial charge in [0.15, 0.2) is 12.6 Å². The molecule has 0 fully saturated rings. The molecule has 8 heteroatoms. The van der Waals surface area contributed by atoms with Gasteiger partial charge in [0.1, 0.15) is 0 Å². The molecule has 0 aromatic heterocycles. The van der Waals surface area contributed by atoms with Gasteiger partial charge in [-0.05, 0) is 66.6 Å². The van der Waals surface area contributed by atoms with Gasteiger partial charge in [-0.15, -0.1) is 0 Å². The van der Waals surface area contributed by atoms with Crippen LogP contribution in [0.15, 0.2) is 23.5 Å². The van der Waals surface area contributed by atoms with E-state index in [1.54, 1.807) is 0 Å². The number of hydrogen-bond donors (Lipinski definition) is 0. The number of hydrogen-bond acceptors (Lipinski definition) is 7. The summed E-state index contributed by atoms with van der Waals surface area (Å²) in [4.78, 5) is 12.7. The molecule has 34 heavy (non-hydrogen) atoms. The number of carbonyl (C=O) groups is 1. The molecule has 0 N–H and O–H groups in total. The SMILES string of the molecule is CCOC(C)OCCCCCCC=C[C@@H]1C(C(=O)OC)=C(O[Si](C)(C)C)C[C@H]1OC(C)OCC. The summed E-state index contributed by atoms with van der Waals surface area (Å²) in [6, 6.07) is 0. The van der Waals surface area contributed by atoms with Crippen LogP contribution in [-0.4, -0.2) is 59.9 Å². The largest absolute Gasteiger partial charge is 0.547 e. The molecule has 4 atom stereocenters. The lowest BCUT2D eigenvalue weighted by Crippen LogP contribution is -2.27. The Balaban J connectivity index is 2.71. The molecule has 0 radical (unpaired) electrons. The molecule has 0 bridgehead atoms. The average Bonchev–Trinajstić information content (AvgIpc) is 3.06. The van der Waals surface area contributed by atoms with Gasteiger partial charge in [-0.3, -0.25) is 0 Å². The van der Waals surface area contributed by atoms with Gasteiger partial charge in [0.2, 0.25) is 8.32 Å². The summed E-state index contributed by atoms with van der Waals surface area (Å²) in [5.41, 5.74) is 0.579. The third-order valence-corrected chi connectivity index (χ3v) is 6.24. The topological polar surface area (TPSA) is 72.5 Å². The van der Waals surface area contributed by atoms with Gasteiger partial charge in [0.25, 0.3) is 0 Å². The number of methoxy groups -OCH3 is 1. The maximum Gasteiger partial charge on any atom is 0.337 e. The molecule has 1 aliphatic rings. The van der Waals surface area contributed by atoms with E-state index in [9.17, 15) is 4.79 Å². The van der Waals surface area contributed by atoms with Gasteiger partial charge in [0, 0.05) is 32.2 Å². The van der Waals surface area contributed by atoms with Crippen LogP contribution < -0.4 is 0 Å². The predicted molar refractivity (Wildman–Crippen MR) is 137 cm³/mol. The standard InChI is InChI=1S/C26H48O7Si/c1-9-29-20(3)31-18-16-14-12-11-13-15-17-22-23(32-21(4)30-10-2)19-24(33-34(6,7)8)25(22)26(27)28-5/h15,17,20-23H,9-14,16,18-19H2,1-8H3/t20?,21?,22-,23+/m0/s1. The van der Waals surface area contributed by atoms with E-state index in [2.05, 4.69) is 31.8 Å². The van der Waals surface area contributed by atoms with Crippen molar-refractivity contribution >= 4 is 14.3 Å². The highest BCUT2D eigenvalue weighted by Gasteiger charge is 2.41. The minimum Gasteiger partial charge on any atom is -0.547 e. The maximum absolute atomic E-state index is 12.7. The van der Waals surface area contributed by atoms with Crippen molar-refractivity contribution in [3.63, 3.8) is 0 Å². The maximum atomic E-state index is 12.7. The monoisotopic (exact) mass is 500 g/mol. The van der Waals surface area contributed by atoms with Gasteiger partial charge in [0.05, 0.1) is 24.5 Å². The number of unbranched alkanes of at least 4 members (excludes halogenated alkanes) is 4. The van der Waals surface area contributed by atoms with Crippen LogP contribution in [0.1, 0.15) is 66.2 Å². The molecule has 0 heterocycles. The van der Waals surface area contributed by atoms with Crippen molar-refractivity contribution in [2.45, 2.75) is 105 Å². The number of allylic oxidation sites excluding steroid dienone is 1. The summed E-state index contributed by atoms with van der Waals surface area (Å²) in [5.74, 6) is 0.144. The van der Waals surface area contributed by atoms with Gasteiger partial charge in [-0.2, -0.15) is 0 Å². The molecule has 0 aromatic carbocycles. The summed E-state index contributed by atoms with van der Waals surface area (Å²) in [6.45, 7) is 16.0. The average molecular weight is 501 g/mol. The zero-order valence-electron chi connectivity index (χ0n) is 22.7. The Morgan fingerprint density at radius 2 is 1.65 bits per heavy atom.